The number of carbonyl (C=O) groups excluding carboxylic acids is 1. The zero-order valence-electron chi connectivity index (χ0n) is 11.1. The molecule has 0 atom stereocenters. The molecule has 112 valence electrons. The second-order valence-corrected chi connectivity index (χ2v) is 3.65. The van der Waals surface area contributed by atoms with Crippen LogP contribution in [-0.2, 0) is 9.47 Å². The van der Waals surface area contributed by atoms with E-state index in [-0.39, 0.29) is 18.8 Å². The third kappa shape index (κ3) is 4.82. The summed E-state index contributed by atoms with van der Waals surface area (Å²) >= 11 is 0. The molecule has 0 aliphatic carbocycles. The number of para-hydroxylation sites is 1. The maximum Gasteiger partial charge on any atom is 0.573 e. The maximum atomic E-state index is 12.3. The SMILES string of the molecule is CCOC(OCC)C(=O)c1ccccc1OC(F)(F)F. The van der Waals surface area contributed by atoms with Gasteiger partial charge in [0.2, 0.25) is 12.1 Å². The highest BCUT2D eigenvalue weighted by Gasteiger charge is 2.34. The molecule has 20 heavy (non-hydrogen) atoms. The Kier molecular flexibility index (Phi) is 5.97. The Morgan fingerprint density at radius 3 is 2.20 bits per heavy atom. The number of ether oxygens (including phenoxy) is 3. The standard InChI is InChI=1S/C13H15F3O4/c1-3-18-12(19-4-2)11(17)9-7-5-6-8-10(9)20-13(14,15)16/h5-8,12H,3-4H2,1-2H3. The first-order valence-corrected chi connectivity index (χ1v) is 6.01. The Labute approximate surface area is 114 Å². The summed E-state index contributed by atoms with van der Waals surface area (Å²) in [4.78, 5) is 12.1. The molecule has 1 aromatic carbocycles. The summed E-state index contributed by atoms with van der Waals surface area (Å²) in [5, 5.41) is 0. The predicted octanol–water partition coefficient (Wildman–Crippen LogP) is 3.17. The molecular weight excluding hydrogens is 277 g/mol. The van der Waals surface area contributed by atoms with Crippen LogP contribution in [0.4, 0.5) is 13.2 Å². The number of carbonyl (C=O) groups is 1. The number of halogens is 3. The Hall–Kier alpha value is -1.60. The smallest absolute Gasteiger partial charge is 0.405 e. The van der Waals surface area contributed by atoms with Crippen molar-refractivity contribution in [3.05, 3.63) is 29.8 Å². The van der Waals surface area contributed by atoms with Gasteiger partial charge in [0, 0.05) is 13.2 Å². The van der Waals surface area contributed by atoms with Crippen LogP contribution in [-0.4, -0.2) is 31.6 Å². The van der Waals surface area contributed by atoms with Gasteiger partial charge in [-0.1, -0.05) is 12.1 Å². The molecule has 0 heterocycles. The van der Waals surface area contributed by atoms with Crippen LogP contribution in [0.15, 0.2) is 24.3 Å². The zero-order valence-corrected chi connectivity index (χ0v) is 11.1. The zero-order chi connectivity index (χ0) is 15.2. The Morgan fingerprint density at radius 1 is 1.15 bits per heavy atom. The molecule has 0 aromatic heterocycles. The van der Waals surface area contributed by atoms with Crippen molar-refractivity contribution in [2.75, 3.05) is 13.2 Å². The first-order chi connectivity index (χ1) is 9.39. The van der Waals surface area contributed by atoms with E-state index in [1.165, 1.54) is 18.2 Å². The molecule has 1 aromatic rings. The second kappa shape index (κ2) is 7.25. The van der Waals surface area contributed by atoms with Gasteiger partial charge >= 0.3 is 6.36 Å². The molecule has 7 heteroatoms. The molecule has 0 spiro atoms. The fourth-order valence-electron chi connectivity index (χ4n) is 1.51. The largest absolute Gasteiger partial charge is 0.573 e. The van der Waals surface area contributed by atoms with Crippen LogP contribution in [0.2, 0.25) is 0 Å². The first kappa shape index (κ1) is 16.5. The van der Waals surface area contributed by atoms with E-state index in [0.29, 0.717) is 0 Å². The van der Waals surface area contributed by atoms with Gasteiger partial charge in [0.05, 0.1) is 5.56 Å². The molecule has 0 aliphatic heterocycles. The van der Waals surface area contributed by atoms with Crippen molar-refractivity contribution in [2.45, 2.75) is 26.5 Å². The van der Waals surface area contributed by atoms with Gasteiger partial charge in [-0.05, 0) is 26.0 Å². The van der Waals surface area contributed by atoms with Crippen molar-refractivity contribution < 1.29 is 32.2 Å². The summed E-state index contributed by atoms with van der Waals surface area (Å²) in [5.74, 6) is -1.29. The van der Waals surface area contributed by atoms with E-state index < -0.39 is 24.2 Å². The molecule has 0 unspecified atom stereocenters. The molecule has 0 aliphatic rings. The lowest BCUT2D eigenvalue weighted by Crippen LogP contribution is -2.29. The lowest BCUT2D eigenvalue weighted by Gasteiger charge is -2.18. The number of hydrogen-bond donors (Lipinski definition) is 0. The van der Waals surface area contributed by atoms with E-state index in [4.69, 9.17) is 9.47 Å². The molecule has 0 N–H and O–H groups in total. The minimum Gasteiger partial charge on any atom is -0.405 e. The van der Waals surface area contributed by atoms with Crippen molar-refractivity contribution in [3.63, 3.8) is 0 Å². The van der Waals surface area contributed by atoms with Crippen LogP contribution in [0, 0.1) is 0 Å². The van der Waals surface area contributed by atoms with Crippen molar-refractivity contribution in [2.24, 2.45) is 0 Å². The van der Waals surface area contributed by atoms with Crippen LogP contribution in [0.5, 0.6) is 5.75 Å². The van der Waals surface area contributed by atoms with Crippen LogP contribution >= 0.6 is 0 Å². The van der Waals surface area contributed by atoms with Gasteiger partial charge in [-0.25, -0.2) is 0 Å². The van der Waals surface area contributed by atoms with E-state index in [2.05, 4.69) is 4.74 Å². The third-order valence-corrected chi connectivity index (χ3v) is 2.23. The molecular formula is C13H15F3O4. The topological polar surface area (TPSA) is 44.8 Å². The number of benzene rings is 1. The summed E-state index contributed by atoms with van der Waals surface area (Å²) in [6.07, 6.45) is -6.12. The molecule has 0 bridgehead atoms. The van der Waals surface area contributed by atoms with E-state index in [1.807, 2.05) is 0 Å². The van der Waals surface area contributed by atoms with E-state index in [1.54, 1.807) is 13.8 Å². The minimum atomic E-state index is -4.87. The van der Waals surface area contributed by atoms with E-state index in [9.17, 15) is 18.0 Å². The summed E-state index contributed by atoms with van der Waals surface area (Å²) in [5.41, 5.74) is -0.239. The second-order valence-electron chi connectivity index (χ2n) is 3.65. The van der Waals surface area contributed by atoms with Crippen LogP contribution in [0.25, 0.3) is 0 Å². The molecule has 0 saturated carbocycles. The van der Waals surface area contributed by atoms with Crippen molar-refractivity contribution in [3.8, 4) is 5.75 Å². The van der Waals surface area contributed by atoms with Gasteiger partial charge in [-0.2, -0.15) is 0 Å². The fraction of sp³-hybridized carbons (Fsp3) is 0.462. The summed E-state index contributed by atoms with van der Waals surface area (Å²) in [7, 11) is 0. The predicted molar refractivity (Wildman–Crippen MR) is 64.5 cm³/mol. The van der Waals surface area contributed by atoms with Gasteiger partial charge in [0.25, 0.3) is 0 Å². The van der Waals surface area contributed by atoms with Gasteiger partial charge in [-0.15, -0.1) is 13.2 Å². The molecule has 0 fully saturated rings. The average Bonchev–Trinajstić information content (AvgIpc) is 2.36. The lowest BCUT2D eigenvalue weighted by atomic mass is 10.1. The third-order valence-electron chi connectivity index (χ3n) is 2.23. The monoisotopic (exact) mass is 292 g/mol. The number of hydrogen-bond acceptors (Lipinski definition) is 4. The number of Topliss-reactive ketones (excluding diaryl/α,β-unsaturated/α-hetero) is 1. The molecule has 1 rings (SSSR count). The van der Waals surface area contributed by atoms with Gasteiger partial charge < -0.3 is 14.2 Å². The summed E-state index contributed by atoms with van der Waals surface area (Å²) < 4.78 is 50.8. The highest BCUT2D eigenvalue weighted by Crippen LogP contribution is 2.27. The number of alkyl halides is 3. The van der Waals surface area contributed by atoms with E-state index >= 15 is 0 Å². The Bertz CT molecular complexity index is 439. The molecule has 0 saturated heterocycles. The molecule has 0 amide bonds. The van der Waals surface area contributed by atoms with Crippen LogP contribution in [0.1, 0.15) is 24.2 Å². The normalized spacial score (nSPS) is 11.7. The van der Waals surface area contributed by atoms with Gasteiger partial charge in [0.1, 0.15) is 5.75 Å². The number of rotatable bonds is 7. The fourth-order valence-corrected chi connectivity index (χ4v) is 1.51. The first-order valence-electron chi connectivity index (χ1n) is 6.01. The summed E-state index contributed by atoms with van der Waals surface area (Å²) in [6.45, 7) is 3.69. The van der Waals surface area contributed by atoms with Crippen molar-refractivity contribution in [1.29, 1.82) is 0 Å². The minimum absolute atomic E-state index is 0.193. The van der Waals surface area contributed by atoms with Gasteiger partial charge in [0.15, 0.2) is 0 Å². The molecule has 0 radical (unpaired) electrons. The van der Waals surface area contributed by atoms with Crippen molar-refractivity contribution >= 4 is 5.78 Å². The summed E-state index contributed by atoms with van der Waals surface area (Å²) in [6, 6.07) is 5.07. The van der Waals surface area contributed by atoms with E-state index in [0.717, 1.165) is 6.07 Å². The highest BCUT2D eigenvalue weighted by atomic mass is 19.4. The average molecular weight is 292 g/mol. The highest BCUT2D eigenvalue weighted by molar-refractivity contribution is 6.01. The lowest BCUT2D eigenvalue weighted by molar-refractivity contribution is -0.274. The molecule has 4 nitrogen and oxygen atoms in total. The van der Waals surface area contributed by atoms with Crippen LogP contribution in [0.3, 0.4) is 0 Å². The Balaban J connectivity index is 3.02. The van der Waals surface area contributed by atoms with Crippen molar-refractivity contribution in [1.82, 2.24) is 0 Å². The Morgan fingerprint density at radius 2 is 1.70 bits per heavy atom. The maximum absolute atomic E-state index is 12.3. The van der Waals surface area contributed by atoms with Gasteiger partial charge in [-0.3, -0.25) is 4.79 Å². The number of ketones is 1. The van der Waals surface area contributed by atoms with Crippen LogP contribution < -0.4 is 4.74 Å². The quantitative estimate of drug-likeness (QED) is 0.572.